The molecule has 2 nitrogen and oxygen atoms in total. The van der Waals surface area contributed by atoms with Crippen LogP contribution < -0.4 is 0 Å². The zero-order valence-electron chi connectivity index (χ0n) is 19.7. The van der Waals surface area contributed by atoms with Gasteiger partial charge in [-0.15, -0.1) is 0 Å². The summed E-state index contributed by atoms with van der Waals surface area (Å²) in [6.07, 6.45) is 15.8. The third-order valence-corrected chi connectivity index (χ3v) is 10.3. The summed E-state index contributed by atoms with van der Waals surface area (Å²) in [6.45, 7) is 11.6. The zero-order valence-corrected chi connectivity index (χ0v) is 19.7. The molecule has 7 unspecified atom stereocenters. The molecule has 166 valence electrons. The Kier molecular flexibility index (Phi) is 5.78. The molecule has 3 fully saturated rings. The molecule has 0 amide bonds. The lowest BCUT2D eigenvalue weighted by atomic mass is 9.48. The summed E-state index contributed by atoms with van der Waals surface area (Å²) in [4.78, 5) is 0. The van der Waals surface area contributed by atoms with E-state index in [0.717, 1.165) is 49.4 Å². The Morgan fingerprint density at radius 1 is 1.10 bits per heavy atom. The molecule has 29 heavy (non-hydrogen) atoms. The van der Waals surface area contributed by atoms with Crippen molar-refractivity contribution in [2.75, 3.05) is 0 Å². The first-order chi connectivity index (χ1) is 13.5. The van der Waals surface area contributed by atoms with Crippen LogP contribution in [0.4, 0.5) is 0 Å². The van der Waals surface area contributed by atoms with Crippen molar-refractivity contribution in [3.05, 3.63) is 11.6 Å². The monoisotopic (exact) mass is 402 g/mol. The second-order valence-electron chi connectivity index (χ2n) is 12.6. The molecule has 4 aliphatic rings. The summed E-state index contributed by atoms with van der Waals surface area (Å²) < 4.78 is 0. The van der Waals surface area contributed by atoms with Gasteiger partial charge in [-0.3, -0.25) is 0 Å². The number of hydrogen-bond donors (Lipinski definition) is 2. The number of hydrogen-bond acceptors (Lipinski definition) is 2. The number of aliphatic hydroxyl groups is 2. The fraction of sp³-hybridized carbons (Fsp3) is 0.926. The molecule has 0 aromatic heterocycles. The fourth-order valence-corrected chi connectivity index (χ4v) is 8.64. The zero-order chi connectivity index (χ0) is 21.0. The van der Waals surface area contributed by atoms with Gasteiger partial charge in [0.25, 0.3) is 0 Å². The van der Waals surface area contributed by atoms with Gasteiger partial charge in [-0.05, 0) is 125 Å². The van der Waals surface area contributed by atoms with E-state index >= 15 is 0 Å². The Morgan fingerprint density at radius 2 is 1.86 bits per heavy atom. The first-order valence-corrected chi connectivity index (χ1v) is 12.6. The standard InChI is InChI=1S/C27H46O2/c1-18(12-15-25(2,3)29)22-10-11-23-21-9-8-19-17-20(28)7-6-14-26(19,4)24(21)13-16-27(22,23)5/h8,18,20-24,28-29H,6-7,9-17H2,1-5H3/t18-,20?,21?,22?,23?,24?,26?,27?/m1/s1. The Balaban J connectivity index is 1.53. The lowest BCUT2D eigenvalue weighted by Gasteiger charge is -2.57. The van der Waals surface area contributed by atoms with Gasteiger partial charge in [0, 0.05) is 0 Å². The lowest BCUT2D eigenvalue weighted by molar-refractivity contribution is -0.0479. The highest BCUT2D eigenvalue weighted by atomic mass is 16.3. The van der Waals surface area contributed by atoms with Crippen LogP contribution in [0.5, 0.6) is 0 Å². The highest BCUT2D eigenvalue weighted by Gasteiger charge is 2.58. The van der Waals surface area contributed by atoms with E-state index in [1.165, 1.54) is 44.9 Å². The Hall–Kier alpha value is -0.340. The summed E-state index contributed by atoms with van der Waals surface area (Å²) in [5.74, 6) is 4.09. The van der Waals surface area contributed by atoms with E-state index in [2.05, 4.69) is 26.8 Å². The van der Waals surface area contributed by atoms with Gasteiger partial charge in [-0.25, -0.2) is 0 Å². The maximum Gasteiger partial charge on any atom is 0.0591 e. The summed E-state index contributed by atoms with van der Waals surface area (Å²) in [7, 11) is 0. The molecule has 0 saturated heterocycles. The molecular weight excluding hydrogens is 356 g/mol. The van der Waals surface area contributed by atoms with E-state index in [1.54, 1.807) is 5.57 Å². The molecule has 0 aromatic carbocycles. The second kappa shape index (κ2) is 7.66. The molecule has 0 aliphatic heterocycles. The minimum atomic E-state index is -0.534. The van der Waals surface area contributed by atoms with Crippen molar-refractivity contribution in [1.29, 1.82) is 0 Å². The molecule has 4 rings (SSSR count). The van der Waals surface area contributed by atoms with Crippen molar-refractivity contribution in [3.8, 4) is 0 Å². The molecule has 0 bridgehead atoms. The molecule has 2 heteroatoms. The van der Waals surface area contributed by atoms with Gasteiger partial charge in [0.15, 0.2) is 0 Å². The van der Waals surface area contributed by atoms with Crippen LogP contribution in [0.25, 0.3) is 0 Å². The van der Waals surface area contributed by atoms with Gasteiger partial charge in [0.05, 0.1) is 11.7 Å². The van der Waals surface area contributed by atoms with Crippen molar-refractivity contribution < 1.29 is 10.2 Å². The Morgan fingerprint density at radius 3 is 2.59 bits per heavy atom. The number of allylic oxidation sites excluding steroid dienone is 1. The number of aliphatic hydroxyl groups excluding tert-OH is 1. The van der Waals surface area contributed by atoms with Gasteiger partial charge in [0.1, 0.15) is 0 Å². The molecule has 0 aromatic rings. The summed E-state index contributed by atoms with van der Waals surface area (Å²) >= 11 is 0. The van der Waals surface area contributed by atoms with Crippen molar-refractivity contribution in [1.82, 2.24) is 0 Å². The summed E-state index contributed by atoms with van der Waals surface area (Å²) in [5.41, 5.74) is 1.90. The maximum absolute atomic E-state index is 10.4. The van der Waals surface area contributed by atoms with E-state index < -0.39 is 5.60 Å². The highest BCUT2D eigenvalue weighted by molar-refractivity contribution is 5.24. The van der Waals surface area contributed by atoms with Crippen LogP contribution in [-0.4, -0.2) is 21.9 Å². The predicted octanol–water partition coefficient (Wildman–Crippen LogP) is 6.50. The average molecular weight is 403 g/mol. The van der Waals surface area contributed by atoms with Crippen molar-refractivity contribution >= 4 is 0 Å². The minimum Gasteiger partial charge on any atom is -0.393 e. The molecule has 2 N–H and O–H groups in total. The molecule has 0 heterocycles. The van der Waals surface area contributed by atoms with E-state index in [0.29, 0.717) is 16.7 Å². The SMILES string of the molecule is C[C@H](CCC(C)(C)O)C1CCC2C3CC=C4CC(O)CCCC4(C)C3CCC21C. The molecule has 3 saturated carbocycles. The number of fused-ring (bicyclic) bond motifs is 5. The van der Waals surface area contributed by atoms with Crippen LogP contribution in [0.3, 0.4) is 0 Å². The Labute approximate surface area is 179 Å². The van der Waals surface area contributed by atoms with Crippen LogP contribution >= 0.6 is 0 Å². The van der Waals surface area contributed by atoms with Gasteiger partial charge in [-0.2, -0.15) is 0 Å². The second-order valence-corrected chi connectivity index (χ2v) is 12.6. The van der Waals surface area contributed by atoms with Gasteiger partial charge < -0.3 is 10.2 Å². The topological polar surface area (TPSA) is 40.5 Å². The van der Waals surface area contributed by atoms with E-state index in [9.17, 15) is 10.2 Å². The third kappa shape index (κ3) is 3.86. The first kappa shape index (κ1) is 21.9. The Bertz CT molecular complexity index is 631. The van der Waals surface area contributed by atoms with E-state index in [4.69, 9.17) is 0 Å². The predicted molar refractivity (Wildman–Crippen MR) is 121 cm³/mol. The molecule has 0 radical (unpaired) electrons. The highest BCUT2D eigenvalue weighted by Crippen LogP contribution is 2.67. The van der Waals surface area contributed by atoms with E-state index in [-0.39, 0.29) is 6.10 Å². The number of rotatable bonds is 4. The minimum absolute atomic E-state index is 0.110. The lowest BCUT2D eigenvalue weighted by Crippen LogP contribution is -2.49. The van der Waals surface area contributed by atoms with Gasteiger partial charge in [0.2, 0.25) is 0 Å². The molecule has 0 spiro atoms. The van der Waals surface area contributed by atoms with Crippen LogP contribution in [-0.2, 0) is 0 Å². The summed E-state index contributed by atoms with van der Waals surface area (Å²) in [6, 6.07) is 0. The average Bonchev–Trinajstić information content (AvgIpc) is 2.90. The quantitative estimate of drug-likeness (QED) is 0.527. The van der Waals surface area contributed by atoms with Gasteiger partial charge >= 0.3 is 0 Å². The largest absolute Gasteiger partial charge is 0.393 e. The van der Waals surface area contributed by atoms with Crippen LogP contribution in [0.15, 0.2) is 11.6 Å². The molecule has 4 aliphatic carbocycles. The van der Waals surface area contributed by atoms with Crippen LogP contribution in [0.2, 0.25) is 0 Å². The van der Waals surface area contributed by atoms with Crippen molar-refractivity contribution in [3.63, 3.8) is 0 Å². The van der Waals surface area contributed by atoms with Crippen molar-refractivity contribution in [2.24, 2.45) is 40.4 Å². The summed E-state index contributed by atoms with van der Waals surface area (Å²) in [5, 5.41) is 20.6. The van der Waals surface area contributed by atoms with Crippen molar-refractivity contribution in [2.45, 2.75) is 117 Å². The molecule has 8 atom stereocenters. The fourth-order valence-electron chi connectivity index (χ4n) is 8.64. The molecular formula is C27H46O2. The maximum atomic E-state index is 10.4. The van der Waals surface area contributed by atoms with E-state index in [1.807, 2.05) is 13.8 Å². The van der Waals surface area contributed by atoms with Gasteiger partial charge in [-0.1, -0.05) is 32.4 Å². The third-order valence-electron chi connectivity index (χ3n) is 10.3. The smallest absolute Gasteiger partial charge is 0.0591 e. The normalized spacial score (nSPS) is 46.2. The first-order valence-electron chi connectivity index (χ1n) is 12.6. The van der Waals surface area contributed by atoms with Crippen LogP contribution in [0, 0.1) is 40.4 Å². The van der Waals surface area contributed by atoms with Crippen LogP contribution in [0.1, 0.15) is 105 Å².